The second-order valence-electron chi connectivity index (χ2n) is 5.50. The third-order valence-electron chi connectivity index (χ3n) is 3.94. The number of aromatic nitrogens is 2. The molecular formula is C20H15FN2. The summed E-state index contributed by atoms with van der Waals surface area (Å²) >= 11 is 0. The minimum absolute atomic E-state index is 0.215. The normalized spacial score (nSPS) is 11.0. The molecule has 0 radical (unpaired) electrons. The van der Waals surface area contributed by atoms with Crippen molar-refractivity contribution in [2.45, 2.75) is 6.54 Å². The van der Waals surface area contributed by atoms with Crippen LogP contribution in [0.1, 0.15) is 5.56 Å². The van der Waals surface area contributed by atoms with Crippen LogP contribution in [0.3, 0.4) is 0 Å². The van der Waals surface area contributed by atoms with Crippen molar-refractivity contribution in [3.05, 3.63) is 90.2 Å². The molecule has 3 heteroatoms. The average Bonchev–Trinajstić information content (AvgIpc) is 2.96. The Balaban J connectivity index is 1.87. The Hall–Kier alpha value is -2.94. The molecule has 3 aromatic carbocycles. The molecule has 23 heavy (non-hydrogen) atoms. The van der Waals surface area contributed by atoms with Crippen molar-refractivity contribution in [1.29, 1.82) is 0 Å². The summed E-state index contributed by atoms with van der Waals surface area (Å²) in [6, 6.07) is 24.9. The number of para-hydroxylation sites is 2. The zero-order chi connectivity index (χ0) is 15.6. The highest BCUT2D eigenvalue weighted by Crippen LogP contribution is 2.25. The second kappa shape index (κ2) is 5.69. The van der Waals surface area contributed by atoms with Crippen LogP contribution in [0.15, 0.2) is 78.9 Å². The molecule has 0 aliphatic carbocycles. The van der Waals surface area contributed by atoms with E-state index in [0.29, 0.717) is 6.54 Å². The highest BCUT2D eigenvalue weighted by molar-refractivity contribution is 5.80. The van der Waals surface area contributed by atoms with E-state index in [1.807, 2.05) is 48.5 Å². The third kappa shape index (κ3) is 2.61. The van der Waals surface area contributed by atoms with Gasteiger partial charge in [-0.25, -0.2) is 9.37 Å². The highest BCUT2D eigenvalue weighted by Gasteiger charge is 2.12. The SMILES string of the molecule is Fc1ccc(Cn2c(-c3ccccc3)nc3ccccc32)cc1. The molecule has 4 aromatic rings. The van der Waals surface area contributed by atoms with Crippen LogP contribution in [-0.2, 0) is 6.54 Å². The first-order chi connectivity index (χ1) is 11.3. The molecule has 1 heterocycles. The molecule has 4 rings (SSSR count). The predicted octanol–water partition coefficient (Wildman–Crippen LogP) is 4.89. The molecule has 1 aromatic heterocycles. The summed E-state index contributed by atoms with van der Waals surface area (Å²) in [4.78, 5) is 4.79. The summed E-state index contributed by atoms with van der Waals surface area (Å²) < 4.78 is 15.3. The Bertz CT molecular complexity index is 940. The molecule has 2 nitrogen and oxygen atoms in total. The third-order valence-corrected chi connectivity index (χ3v) is 3.94. The number of imidazole rings is 1. The predicted molar refractivity (Wildman–Crippen MR) is 90.7 cm³/mol. The fourth-order valence-electron chi connectivity index (χ4n) is 2.82. The summed E-state index contributed by atoms with van der Waals surface area (Å²) in [6.45, 7) is 0.658. The first-order valence-electron chi connectivity index (χ1n) is 7.56. The molecule has 0 fully saturated rings. The lowest BCUT2D eigenvalue weighted by Gasteiger charge is -2.09. The number of hydrogen-bond acceptors (Lipinski definition) is 1. The van der Waals surface area contributed by atoms with Crippen LogP contribution in [-0.4, -0.2) is 9.55 Å². The summed E-state index contributed by atoms with van der Waals surface area (Å²) in [5.41, 5.74) is 4.17. The monoisotopic (exact) mass is 302 g/mol. The van der Waals surface area contributed by atoms with Crippen molar-refractivity contribution in [3.63, 3.8) is 0 Å². The van der Waals surface area contributed by atoms with Gasteiger partial charge < -0.3 is 4.57 Å². The van der Waals surface area contributed by atoms with E-state index < -0.39 is 0 Å². The van der Waals surface area contributed by atoms with E-state index in [1.54, 1.807) is 0 Å². The lowest BCUT2D eigenvalue weighted by Crippen LogP contribution is -2.02. The molecule has 0 atom stereocenters. The largest absolute Gasteiger partial charge is 0.319 e. The molecule has 0 aliphatic rings. The van der Waals surface area contributed by atoms with Crippen molar-refractivity contribution >= 4 is 11.0 Å². The molecule has 0 N–H and O–H groups in total. The second-order valence-corrected chi connectivity index (χ2v) is 5.50. The van der Waals surface area contributed by atoms with E-state index in [4.69, 9.17) is 4.98 Å². The van der Waals surface area contributed by atoms with Crippen LogP contribution < -0.4 is 0 Å². The molecule has 0 saturated carbocycles. The number of hydrogen-bond donors (Lipinski definition) is 0. The topological polar surface area (TPSA) is 17.8 Å². The van der Waals surface area contributed by atoms with Gasteiger partial charge in [-0.2, -0.15) is 0 Å². The minimum atomic E-state index is -0.215. The van der Waals surface area contributed by atoms with Gasteiger partial charge in [0.2, 0.25) is 0 Å². The van der Waals surface area contributed by atoms with Crippen molar-refractivity contribution in [3.8, 4) is 11.4 Å². The van der Waals surface area contributed by atoms with Crippen LogP contribution in [0.2, 0.25) is 0 Å². The maximum atomic E-state index is 13.1. The number of benzene rings is 3. The molecule has 0 saturated heterocycles. The van der Waals surface area contributed by atoms with Gasteiger partial charge in [0.05, 0.1) is 11.0 Å². The molecule has 0 bridgehead atoms. The van der Waals surface area contributed by atoms with Gasteiger partial charge in [0, 0.05) is 12.1 Å². The number of rotatable bonds is 3. The first kappa shape index (κ1) is 13.7. The zero-order valence-corrected chi connectivity index (χ0v) is 12.5. The van der Waals surface area contributed by atoms with E-state index >= 15 is 0 Å². The molecule has 0 unspecified atom stereocenters. The van der Waals surface area contributed by atoms with E-state index in [9.17, 15) is 4.39 Å². The van der Waals surface area contributed by atoms with Gasteiger partial charge >= 0.3 is 0 Å². The summed E-state index contributed by atoms with van der Waals surface area (Å²) in [5, 5.41) is 0. The Morgan fingerprint density at radius 3 is 2.26 bits per heavy atom. The van der Waals surface area contributed by atoms with Gasteiger partial charge in [0.1, 0.15) is 11.6 Å². The van der Waals surface area contributed by atoms with Crippen molar-refractivity contribution in [2.75, 3.05) is 0 Å². The molecule has 0 aliphatic heterocycles. The fraction of sp³-hybridized carbons (Fsp3) is 0.0500. The quantitative estimate of drug-likeness (QED) is 0.527. The van der Waals surface area contributed by atoms with Gasteiger partial charge in [-0.15, -0.1) is 0 Å². The lowest BCUT2D eigenvalue weighted by atomic mass is 10.2. The van der Waals surface area contributed by atoms with E-state index in [-0.39, 0.29) is 5.82 Å². The molecule has 0 spiro atoms. The average molecular weight is 302 g/mol. The van der Waals surface area contributed by atoms with Crippen molar-refractivity contribution < 1.29 is 4.39 Å². The highest BCUT2D eigenvalue weighted by atomic mass is 19.1. The van der Waals surface area contributed by atoms with Crippen molar-refractivity contribution in [1.82, 2.24) is 9.55 Å². The van der Waals surface area contributed by atoms with Gasteiger partial charge in [-0.1, -0.05) is 54.6 Å². The van der Waals surface area contributed by atoms with Gasteiger partial charge in [0.25, 0.3) is 0 Å². The van der Waals surface area contributed by atoms with Crippen LogP contribution in [0, 0.1) is 5.82 Å². The van der Waals surface area contributed by atoms with Gasteiger partial charge in [0.15, 0.2) is 0 Å². The fourth-order valence-corrected chi connectivity index (χ4v) is 2.82. The Kier molecular flexibility index (Phi) is 3.39. The van der Waals surface area contributed by atoms with Gasteiger partial charge in [-0.3, -0.25) is 0 Å². The van der Waals surface area contributed by atoms with Crippen LogP contribution >= 0.6 is 0 Å². The number of nitrogens with zero attached hydrogens (tertiary/aromatic N) is 2. The van der Waals surface area contributed by atoms with Crippen molar-refractivity contribution in [2.24, 2.45) is 0 Å². The number of fused-ring (bicyclic) bond motifs is 1. The van der Waals surface area contributed by atoms with Crippen LogP contribution in [0.4, 0.5) is 4.39 Å². The smallest absolute Gasteiger partial charge is 0.141 e. The summed E-state index contributed by atoms with van der Waals surface area (Å²) in [7, 11) is 0. The van der Waals surface area contributed by atoms with E-state index in [2.05, 4.69) is 22.8 Å². The zero-order valence-electron chi connectivity index (χ0n) is 12.5. The molecular weight excluding hydrogens is 287 g/mol. The van der Waals surface area contributed by atoms with E-state index in [0.717, 1.165) is 28.0 Å². The first-order valence-corrected chi connectivity index (χ1v) is 7.56. The lowest BCUT2D eigenvalue weighted by molar-refractivity contribution is 0.626. The Labute approximate surface area is 133 Å². The summed E-state index contributed by atoms with van der Waals surface area (Å²) in [6.07, 6.45) is 0. The summed E-state index contributed by atoms with van der Waals surface area (Å²) in [5.74, 6) is 0.712. The maximum absolute atomic E-state index is 13.1. The molecule has 112 valence electrons. The van der Waals surface area contributed by atoms with Gasteiger partial charge in [-0.05, 0) is 29.8 Å². The van der Waals surface area contributed by atoms with E-state index in [1.165, 1.54) is 12.1 Å². The molecule has 0 amide bonds. The maximum Gasteiger partial charge on any atom is 0.141 e. The number of halogens is 1. The standard InChI is InChI=1S/C20H15FN2/c21-17-12-10-15(11-13-17)14-23-19-9-5-4-8-18(19)22-20(23)16-6-2-1-3-7-16/h1-13H,14H2. The van der Waals surface area contributed by atoms with Crippen LogP contribution in [0.5, 0.6) is 0 Å². The Morgan fingerprint density at radius 1 is 0.783 bits per heavy atom. The van der Waals surface area contributed by atoms with Crippen LogP contribution in [0.25, 0.3) is 22.4 Å². The minimum Gasteiger partial charge on any atom is -0.319 e. The Morgan fingerprint density at radius 2 is 1.48 bits per heavy atom.